The van der Waals surface area contributed by atoms with Gasteiger partial charge in [0, 0.05) is 24.5 Å². The molecule has 0 spiro atoms. The first-order chi connectivity index (χ1) is 17.3. The van der Waals surface area contributed by atoms with Crippen LogP contribution in [0.2, 0.25) is 0 Å². The molecule has 0 atom stereocenters. The van der Waals surface area contributed by atoms with Gasteiger partial charge in [0.15, 0.2) is 11.5 Å². The van der Waals surface area contributed by atoms with Gasteiger partial charge in [0.05, 0.1) is 13.2 Å². The molecule has 11 heteroatoms. The molecule has 0 saturated carbocycles. The van der Waals surface area contributed by atoms with Crippen molar-refractivity contribution in [2.75, 3.05) is 25.1 Å². The highest BCUT2D eigenvalue weighted by Gasteiger charge is 2.44. The molecule has 4 aromatic rings. The van der Waals surface area contributed by atoms with Crippen LogP contribution in [0.25, 0.3) is 16.9 Å². The second-order valence-corrected chi connectivity index (χ2v) is 9.48. The summed E-state index contributed by atoms with van der Waals surface area (Å²) in [5.74, 6) is -0.288. The molecule has 2 aliphatic heterocycles. The zero-order chi connectivity index (χ0) is 25.0. The molecule has 1 aromatic carbocycles. The van der Waals surface area contributed by atoms with E-state index >= 15 is 4.39 Å². The number of alkyl halides is 1. The van der Waals surface area contributed by atoms with Gasteiger partial charge in [0.2, 0.25) is 11.6 Å². The second-order valence-electron chi connectivity index (χ2n) is 9.48. The van der Waals surface area contributed by atoms with E-state index in [4.69, 9.17) is 4.74 Å². The number of nitrogens with one attached hydrogen (secondary N) is 2. The van der Waals surface area contributed by atoms with Crippen molar-refractivity contribution in [1.29, 1.82) is 0 Å². The summed E-state index contributed by atoms with van der Waals surface area (Å²) in [5, 5.41) is 6.85. The van der Waals surface area contributed by atoms with Crippen LogP contribution in [0.5, 0.6) is 0 Å². The van der Waals surface area contributed by atoms with E-state index < -0.39 is 11.5 Å². The predicted octanol–water partition coefficient (Wildman–Crippen LogP) is 3.28. The summed E-state index contributed by atoms with van der Waals surface area (Å²) in [7, 11) is 0. The number of fused-ring (bicyclic) bond motifs is 2. The quantitative estimate of drug-likeness (QED) is 0.440. The highest BCUT2D eigenvalue weighted by Crippen LogP contribution is 2.35. The van der Waals surface area contributed by atoms with Crippen LogP contribution in [0.4, 0.5) is 20.4 Å². The summed E-state index contributed by atoms with van der Waals surface area (Å²) in [6.45, 7) is 4.91. The van der Waals surface area contributed by atoms with Gasteiger partial charge >= 0.3 is 0 Å². The number of pyridine rings is 1. The normalized spacial score (nSPS) is 16.7. The average molecular weight is 494 g/mol. The highest BCUT2D eigenvalue weighted by atomic mass is 19.1. The molecule has 9 nitrogen and oxygen atoms in total. The van der Waals surface area contributed by atoms with Gasteiger partial charge < -0.3 is 15.4 Å². The number of rotatable bonds is 5. The van der Waals surface area contributed by atoms with Crippen molar-refractivity contribution in [3.63, 3.8) is 0 Å². The zero-order valence-electron chi connectivity index (χ0n) is 19.9. The number of hydrogen-bond donors (Lipinski definition) is 2. The van der Waals surface area contributed by atoms with Gasteiger partial charge in [-0.25, -0.2) is 28.1 Å². The molecule has 5 heterocycles. The summed E-state index contributed by atoms with van der Waals surface area (Å²) >= 11 is 0. The Morgan fingerprint density at radius 2 is 2.00 bits per heavy atom. The first kappa shape index (κ1) is 22.7. The molecule has 0 unspecified atom stereocenters. The highest BCUT2D eigenvalue weighted by molar-refractivity contribution is 5.77. The molecule has 186 valence electrons. The number of benzene rings is 1. The van der Waals surface area contributed by atoms with Crippen LogP contribution in [0, 0.1) is 5.82 Å². The van der Waals surface area contributed by atoms with Crippen LogP contribution in [0.1, 0.15) is 36.7 Å². The van der Waals surface area contributed by atoms with Crippen LogP contribution in [-0.2, 0) is 23.4 Å². The smallest absolute Gasteiger partial charge is 0.278 e. The third kappa shape index (κ3) is 3.66. The monoisotopic (exact) mass is 493 g/mol. The van der Waals surface area contributed by atoms with Crippen molar-refractivity contribution in [3.8, 4) is 5.82 Å². The summed E-state index contributed by atoms with van der Waals surface area (Å²) in [5.41, 5.74) is 0.970. The Bertz CT molecular complexity index is 1540. The van der Waals surface area contributed by atoms with Crippen LogP contribution in [0.15, 0.2) is 41.3 Å². The number of halogens is 2. The van der Waals surface area contributed by atoms with Crippen LogP contribution >= 0.6 is 0 Å². The van der Waals surface area contributed by atoms with Crippen LogP contribution in [-0.4, -0.2) is 44.1 Å². The van der Waals surface area contributed by atoms with Crippen LogP contribution < -0.4 is 16.2 Å². The van der Waals surface area contributed by atoms with Gasteiger partial charge in [-0.15, -0.1) is 0 Å². The van der Waals surface area contributed by atoms with Gasteiger partial charge in [-0.2, -0.15) is 4.98 Å². The van der Waals surface area contributed by atoms with Crippen molar-refractivity contribution in [2.45, 2.75) is 38.5 Å². The van der Waals surface area contributed by atoms with E-state index in [2.05, 4.69) is 37.7 Å². The fourth-order valence-corrected chi connectivity index (χ4v) is 4.71. The van der Waals surface area contributed by atoms with Gasteiger partial charge in [-0.1, -0.05) is 6.07 Å². The van der Waals surface area contributed by atoms with E-state index in [1.807, 2.05) is 19.9 Å². The summed E-state index contributed by atoms with van der Waals surface area (Å²) in [4.78, 5) is 26.5. The largest absolute Gasteiger partial charge is 0.374 e. The Balaban J connectivity index is 1.47. The van der Waals surface area contributed by atoms with Crippen LogP contribution in [0.3, 0.4) is 0 Å². The van der Waals surface area contributed by atoms with E-state index in [0.29, 0.717) is 5.95 Å². The molecule has 6 rings (SSSR count). The summed E-state index contributed by atoms with van der Waals surface area (Å²) < 4.78 is 37.5. The van der Waals surface area contributed by atoms with E-state index in [1.165, 1.54) is 32.8 Å². The van der Waals surface area contributed by atoms with Crippen molar-refractivity contribution >= 4 is 22.7 Å². The van der Waals surface area contributed by atoms with E-state index in [0.717, 1.165) is 31.3 Å². The van der Waals surface area contributed by atoms with Crippen molar-refractivity contribution in [1.82, 2.24) is 29.6 Å². The lowest BCUT2D eigenvalue weighted by Gasteiger charge is -2.33. The number of hydrogen-bond acceptors (Lipinski definition) is 7. The van der Waals surface area contributed by atoms with E-state index in [9.17, 15) is 9.18 Å². The van der Waals surface area contributed by atoms with Gasteiger partial charge in [-0.05, 0) is 62.2 Å². The maximum Gasteiger partial charge on any atom is 0.278 e. The third-order valence-electron chi connectivity index (χ3n) is 6.60. The maximum atomic E-state index is 15.1. The summed E-state index contributed by atoms with van der Waals surface area (Å²) in [6.07, 6.45) is 2.40. The minimum absolute atomic E-state index is 0.182. The molecule has 2 N–H and O–H groups in total. The van der Waals surface area contributed by atoms with Gasteiger partial charge in [0.1, 0.15) is 16.9 Å². The molecule has 36 heavy (non-hydrogen) atoms. The molecule has 1 saturated heterocycles. The standard InChI is InChI=1S/C25H25F2N7O2/c1-14(2)33-23(35)18-11-29-24(30-17-4-3-16-10-28-8-7-15(16)9-17)32-22(18)34(33)20-6-5-19(26)21(31-20)25(27)12-36-13-25/h3-6,9,11,14,28H,7-8,10,12-13H2,1-2H3,(H,29,30,32). The number of anilines is 2. The lowest BCUT2D eigenvalue weighted by molar-refractivity contribution is -0.139. The Hall–Kier alpha value is -3.70. The van der Waals surface area contributed by atoms with Crippen molar-refractivity contribution < 1.29 is 13.5 Å². The molecule has 3 aromatic heterocycles. The van der Waals surface area contributed by atoms with Crippen molar-refractivity contribution in [2.24, 2.45) is 0 Å². The minimum Gasteiger partial charge on any atom is -0.374 e. The minimum atomic E-state index is -2.00. The fraction of sp³-hybridized carbons (Fsp3) is 0.360. The predicted molar refractivity (Wildman–Crippen MR) is 130 cm³/mol. The molecule has 2 aliphatic rings. The topological polar surface area (TPSA) is 98.9 Å². The molecular weight excluding hydrogens is 468 g/mol. The third-order valence-corrected chi connectivity index (χ3v) is 6.60. The maximum absolute atomic E-state index is 15.1. The zero-order valence-corrected chi connectivity index (χ0v) is 19.9. The molecular formula is C25H25F2N7O2. The van der Waals surface area contributed by atoms with Crippen molar-refractivity contribution in [3.05, 3.63) is 69.5 Å². The van der Waals surface area contributed by atoms with Gasteiger partial charge in [-0.3, -0.25) is 4.79 Å². The SMILES string of the molecule is CC(C)n1c(=O)c2cnc(Nc3ccc4c(c3)CCNC4)nc2n1-c1ccc(F)c(C2(F)COC2)n1. The van der Waals surface area contributed by atoms with Gasteiger partial charge in [0.25, 0.3) is 5.56 Å². The Morgan fingerprint density at radius 3 is 2.75 bits per heavy atom. The number of ether oxygens (including phenoxy) is 1. The molecule has 0 bridgehead atoms. The Morgan fingerprint density at radius 1 is 1.17 bits per heavy atom. The number of aromatic nitrogens is 5. The summed E-state index contributed by atoms with van der Waals surface area (Å²) in [6, 6.07) is 8.38. The molecule has 0 radical (unpaired) electrons. The molecule has 0 aliphatic carbocycles. The van der Waals surface area contributed by atoms with E-state index in [-0.39, 0.29) is 47.4 Å². The lowest BCUT2D eigenvalue weighted by Crippen LogP contribution is -2.44. The number of nitrogens with zero attached hydrogens (tertiary/aromatic N) is 5. The van der Waals surface area contributed by atoms with E-state index in [1.54, 1.807) is 0 Å². The molecule has 1 fully saturated rings. The first-order valence-electron chi connectivity index (χ1n) is 11.9. The fourth-order valence-electron chi connectivity index (χ4n) is 4.71. The Labute approximate surface area is 205 Å². The molecule has 0 amide bonds. The first-order valence-corrected chi connectivity index (χ1v) is 11.9. The average Bonchev–Trinajstić information content (AvgIpc) is 3.14. The lowest BCUT2D eigenvalue weighted by atomic mass is 9.99. The Kier molecular flexibility index (Phi) is 5.34. The second kappa shape index (κ2) is 8.45.